The first-order valence-corrected chi connectivity index (χ1v) is 5.99. The van der Waals surface area contributed by atoms with Gasteiger partial charge in [-0.05, 0) is 24.3 Å². The van der Waals surface area contributed by atoms with Crippen molar-refractivity contribution in [2.24, 2.45) is 0 Å². The summed E-state index contributed by atoms with van der Waals surface area (Å²) in [6.45, 7) is 0. The molecule has 0 atom stereocenters. The standard InChI is InChI=1S/C13H10ClF2N3O/c1-17-12-11(16)8(4-5-18-12)13(20)19-10-6-7(15)2-3-9(10)14/h2-6H,1H3,(H,17,18)(H,19,20). The number of anilines is 2. The third-order valence-corrected chi connectivity index (χ3v) is 2.88. The number of nitrogens with one attached hydrogen (secondary N) is 2. The molecule has 1 aromatic carbocycles. The Morgan fingerprint density at radius 2 is 2.05 bits per heavy atom. The third kappa shape index (κ3) is 2.85. The fourth-order valence-corrected chi connectivity index (χ4v) is 1.74. The molecule has 0 unspecified atom stereocenters. The van der Waals surface area contributed by atoms with E-state index in [0.717, 1.165) is 12.1 Å². The minimum Gasteiger partial charge on any atom is -0.371 e. The summed E-state index contributed by atoms with van der Waals surface area (Å²) in [6, 6.07) is 4.73. The van der Waals surface area contributed by atoms with Gasteiger partial charge in [-0.25, -0.2) is 13.8 Å². The number of benzene rings is 1. The molecule has 0 aliphatic rings. The molecule has 104 valence electrons. The number of pyridine rings is 1. The molecule has 0 fully saturated rings. The van der Waals surface area contributed by atoms with Crippen LogP contribution in [-0.4, -0.2) is 17.9 Å². The van der Waals surface area contributed by atoms with Gasteiger partial charge in [0.05, 0.1) is 16.3 Å². The van der Waals surface area contributed by atoms with Crippen LogP contribution in [0.15, 0.2) is 30.5 Å². The minimum atomic E-state index is -0.792. The van der Waals surface area contributed by atoms with Gasteiger partial charge in [0.2, 0.25) is 0 Å². The molecule has 0 bridgehead atoms. The van der Waals surface area contributed by atoms with Crippen molar-refractivity contribution < 1.29 is 13.6 Å². The van der Waals surface area contributed by atoms with Crippen LogP contribution in [0.2, 0.25) is 5.02 Å². The summed E-state index contributed by atoms with van der Waals surface area (Å²) in [5, 5.41) is 5.03. The summed E-state index contributed by atoms with van der Waals surface area (Å²) in [5.74, 6) is -2.15. The van der Waals surface area contributed by atoms with E-state index in [2.05, 4.69) is 15.6 Å². The molecule has 2 rings (SSSR count). The highest BCUT2D eigenvalue weighted by Crippen LogP contribution is 2.24. The Kier molecular flexibility index (Phi) is 4.14. The van der Waals surface area contributed by atoms with Crippen LogP contribution in [0, 0.1) is 11.6 Å². The molecular weight excluding hydrogens is 288 g/mol. The monoisotopic (exact) mass is 297 g/mol. The van der Waals surface area contributed by atoms with Gasteiger partial charge in [-0.1, -0.05) is 11.6 Å². The van der Waals surface area contributed by atoms with E-state index < -0.39 is 17.5 Å². The number of nitrogens with zero attached hydrogens (tertiary/aromatic N) is 1. The van der Waals surface area contributed by atoms with Crippen LogP contribution < -0.4 is 10.6 Å². The van der Waals surface area contributed by atoms with Crippen LogP contribution >= 0.6 is 11.6 Å². The largest absolute Gasteiger partial charge is 0.371 e. The maximum Gasteiger partial charge on any atom is 0.258 e. The van der Waals surface area contributed by atoms with Gasteiger partial charge >= 0.3 is 0 Å². The lowest BCUT2D eigenvalue weighted by Gasteiger charge is -2.09. The molecule has 2 N–H and O–H groups in total. The molecule has 0 saturated carbocycles. The first-order valence-electron chi connectivity index (χ1n) is 5.61. The summed E-state index contributed by atoms with van der Waals surface area (Å²) < 4.78 is 27.0. The summed E-state index contributed by atoms with van der Waals surface area (Å²) in [6.07, 6.45) is 1.29. The van der Waals surface area contributed by atoms with Crippen molar-refractivity contribution in [3.8, 4) is 0 Å². The minimum absolute atomic E-state index is 0.0528. The molecule has 7 heteroatoms. The van der Waals surface area contributed by atoms with Crippen LogP contribution in [0.1, 0.15) is 10.4 Å². The van der Waals surface area contributed by atoms with Gasteiger partial charge in [-0.2, -0.15) is 0 Å². The first kappa shape index (κ1) is 14.2. The number of hydrogen-bond donors (Lipinski definition) is 2. The molecule has 0 saturated heterocycles. The number of carbonyl (C=O) groups excluding carboxylic acids is 1. The average molecular weight is 298 g/mol. The molecule has 1 heterocycles. The fraction of sp³-hybridized carbons (Fsp3) is 0.0769. The molecule has 1 aromatic heterocycles. The number of amides is 1. The zero-order valence-electron chi connectivity index (χ0n) is 10.4. The van der Waals surface area contributed by atoms with Crippen LogP contribution in [0.5, 0.6) is 0 Å². The molecular formula is C13H10ClF2N3O. The Morgan fingerprint density at radius 1 is 1.30 bits per heavy atom. The van der Waals surface area contributed by atoms with Crippen LogP contribution in [0.4, 0.5) is 20.3 Å². The quantitative estimate of drug-likeness (QED) is 0.914. The van der Waals surface area contributed by atoms with Crippen molar-refractivity contribution >= 4 is 29.0 Å². The lowest BCUT2D eigenvalue weighted by Crippen LogP contribution is -2.15. The Bertz CT molecular complexity index is 664. The van der Waals surface area contributed by atoms with Crippen LogP contribution in [0.25, 0.3) is 0 Å². The highest BCUT2D eigenvalue weighted by molar-refractivity contribution is 6.33. The number of hydrogen-bond acceptors (Lipinski definition) is 3. The van der Waals surface area contributed by atoms with E-state index in [1.54, 1.807) is 0 Å². The van der Waals surface area contributed by atoms with E-state index in [1.807, 2.05) is 0 Å². The molecule has 1 amide bonds. The molecule has 2 aromatic rings. The van der Waals surface area contributed by atoms with Crippen LogP contribution in [0.3, 0.4) is 0 Å². The summed E-state index contributed by atoms with van der Waals surface area (Å²) in [4.78, 5) is 15.7. The maximum absolute atomic E-state index is 13.9. The lowest BCUT2D eigenvalue weighted by molar-refractivity contribution is 0.102. The predicted molar refractivity (Wildman–Crippen MR) is 73.1 cm³/mol. The first-order chi connectivity index (χ1) is 9.52. The summed E-state index contributed by atoms with van der Waals surface area (Å²) in [7, 11) is 1.48. The Morgan fingerprint density at radius 3 is 2.75 bits per heavy atom. The molecule has 0 aliphatic carbocycles. The van der Waals surface area contributed by atoms with Crippen molar-refractivity contribution in [1.82, 2.24) is 4.98 Å². The van der Waals surface area contributed by atoms with E-state index in [9.17, 15) is 13.6 Å². The SMILES string of the molecule is CNc1nccc(C(=O)Nc2cc(F)ccc2Cl)c1F. The molecule has 20 heavy (non-hydrogen) atoms. The van der Waals surface area contributed by atoms with Gasteiger partial charge in [0.15, 0.2) is 11.6 Å². The van der Waals surface area contributed by atoms with Gasteiger partial charge in [-0.15, -0.1) is 0 Å². The highest BCUT2D eigenvalue weighted by atomic mass is 35.5. The van der Waals surface area contributed by atoms with Crippen molar-refractivity contribution in [3.05, 3.63) is 52.7 Å². The number of carbonyl (C=O) groups is 1. The number of halogens is 3. The van der Waals surface area contributed by atoms with E-state index in [0.29, 0.717) is 0 Å². The van der Waals surface area contributed by atoms with E-state index in [1.165, 1.54) is 25.4 Å². The molecule has 0 radical (unpaired) electrons. The number of rotatable bonds is 3. The Hall–Kier alpha value is -2.21. The molecule has 0 aliphatic heterocycles. The smallest absolute Gasteiger partial charge is 0.258 e. The van der Waals surface area contributed by atoms with Crippen molar-refractivity contribution in [2.45, 2.75) is 0 Å². The van der Waals surface area contributed by atoms with Gasteiger partial charge in [0.25, 0.3) is 5.91 Å². The Labute approximate surface area is 118 Å². The summed E-state index contributed by atoms with van der Waals surface area (Å²) >= 11 is 5.83. The second-order valence-corrected chi connectivity index (χ2v) is 4.26. The second kappa shape index (κ2) is 5.83. The third-order valence-electron chi connectivity index (χ3n) is 2.55. The van der Waals surface area contributed by atoms with Crippen molar-refractivity contribution in [1.29, 1.82) is 0 Å². The van der Waals surface area contributed by atoms with Crippen molar-refractivity contribution in [3.63, 3.8) is 0 Å². The lowest BCUT2D eigenvalue weighted by atomic mass is 10.2. The fourth-order valence-electron chi connectivity index (χ4n) is 1.58. The zero-order valence-corrected chi connectivity index (χ0v) is 11.1. The van der Waals surface area contributed by atoms with Gasteiger partial charge in [0, 0.05) is 13.2 Å². The summed E-state index contributed by atoms with van der Waals surface area (Å²) in [5.41, 5.74) is -0.149. The van der Waals surface area contributed by atoms with Gasteiger partial charge in [-0.3, -0.25) is 4.79 Å². The topological polar surface area (TPSA) is 54.0 Å². The van der Waals surface area contributed by atoms with E-state index in [4.69, 9.17) is 11.6 Å². The van der Waals surface area contributed by atoms with Gasteiger partial charge < -0.3 is 10.6 Å². The Balaban J connectivity index is 2.31. The van der Waals surface area contributed by atoms with Crippen molar-refractivity contribution in [2.75, 3.05) is 17.7 Å². The van der Waals surface area contributed by atoms with Crippen LogP contribution in [-0.2, 0) is 0 Å². The highest BCUT2D eigenvalue weighted by Gasteiger charge is 2.16. The van der Waals surface area contributed by atoms with Gasteiger partial charge in [0.1, 0.15) is 5.82 Å². The maximum atomic E-state index is 13.9. The number of aromatic nitrogens is 1. The predicted octanol–water partition coefficient (Wildman–Crippen LogP) is 3.31. The van der Waals surface area contributed by atoms with E-state index in [-0.39, 0.29) is 22.1 Å². The normalized spacial score (nSPS) is 10.2. The van der Waals surface area contributed by atoms with E-state index >= 15 is 0 Å². The zero-order chi connectivity index (χ0) is 14.7. The second-order valence-electron chi connectivity index (χ2n) is 3.85. The molecule has 4 nitrogen and oxygen atoms in total. The molecule has 0 spiro atoms. The average Bonchev–Trinajstić information content (AvgIpc) is 2.43.